The van der Waals surface area contributed by atoms with Crippen LogP contribution in [0.5, 0.6) is 0 Å². The highest BCUT2D eigenvalue weighted by Gasteiger charge is 2.20. The number of benzene rings is 1. The molecule has 4 aromatic rings. The first-order valence-corrected chi connectivity index (χ1v) is 12.6. The molecular weight excluding hydrogens is 490 g/mol. The van der Waals surface area contributed by atoms with Crippen LogP contribution >= 0.6 is 0 Å². The highest BCUT2D eigenvalue weighted by Crippen LogP contribution is 2.32. The molecule has 0 atom stereocenters. The van der Waals surface area contributed by atoms with Gasteiger partial charge in [0.2, 0.25) is 11.9 Å². The summed E-state index contributed by atoms with van der Waals surface area (Å²) in [5.41, 5.74) is 2.44. The number of piperazine rings is 1. The topological polar surface area (TPSA) is 92.1 Å². The molecule has 1 N–H and O–H groups in total. The van der Waals surface area contributed by atoms with Gasteiger partial charge in [-0.1, -0.05) is 19.9 Å². The maximum atomic E-state index is 14.9. The Morgan fingerprint density at radius 2 is 1.82 bits per heavy atom. The zero-order valence-electron chi connectivity index (χ0n) is 21.9. The van der Waals surface area contributed by atoms with Crippen LogP contribution in [0, 0.1) is 11.6 Å². The van der Waals surface area contributed by atoms with E-state index < -0.39 is 11.6 Å². The fraction of sp³-hybridized carbons (Fsp3) is 0.370. The normalized spacial score (nSPS) is 14.4. The van der Waals surface area contributed by atoms with Crippen LogP contribution in [0.4, 0.5) is 20.5 Å². The van der Waals surface area contributed by atoms with Gasteiger partial charge in [0.05, 0.1) is 6.20 Å². The van der Waals surface area contributed by atoms with Crippen molar-refractivity contribution in [3.05, 3.63) is 59.6 Å². The number of hydrogen-bond donors (Lipinski definition) is 1. The van der Waals surface area contributed by atoms with Gasteiger partial charge in [0, 0.05) is 69.5 Å². The molecule has 0 saturated carbocycles. The van der Waals surface area contributed by atoms with Crippen molar-refractivity contribution in [1.29, 1.82) is 0 Å². The highest BCUT2D eigenvalue weighted by molar-refractivity contribution is 5.87. The van der Waals surface area contributed by atoms with E-state index in [9.17, 15) is 13.6 Å². The van der Waals surface area contributed by atoms with Crippen molar-refractivity contribution < 1.29 is 13.6 Å². The zero-order valence-corrected chi connectivity index (χ0v) is 21.9. The minimum Gasteiger partial charge on any atom is -0.340 e. The first kappa shape index (κ1) is 25.7. The summed E-state index contributed by atoms with van der Waals surface area (Å²) in [6.07, 6.45) is 2.83. The van der Waals surface area contributed by atoms with Crippen molar-refractivity contribution in [2.24, 2.45) is 7.05 Å². The number of carbonyl (C=O) groups is 1. The van der Waals surface area contributed by atoms with E-state index in [0.717, 1.165) is 50.2 Å². The van der Waals surface area contributed by atoms with E-state index in [1.165, 1.54) is 6.07 Å². The third kappa shape index (κ3) is 5.19. The summed E-state index contributed by atoms with van der Waals surface area (Å²) >= 11 is 0. The van der Waals surface area contributed by atoms with Gasteiger partial charge in [-0.3, -0.25) is 14.4 Å². The number of aryl methyl sites for hydroxylation is 1. The standard InChI is InChI=1S/C27H30F2N8O/c1-16(2)26-20-11-19(12-21(28)25(20)34-35(26)4)24-22(29)14-31-27(33-24)32-23-6-5-18(13-30-23)15-36-7-9-37(10-8-36)17(3)38/h5-6,11-14,16H,7-10,15H2,1-4H3,(H,30,31,32,33). The number of halogens is 2. The van der Waals surface area contributed by atoms with Gasteiger partial charge < -0.3 is 10.2 Å². The van der Waals surface area contributed by atoms with Crippen molar-refractivity contribution in [3.63, 3.8) is 0 Å². The number of rotatable bonds is 6. The summed E-state index contributed by atoms with van der Waals surface area (Å²) in [6.45, 7) is 9.41. The third-order valence-electron chi connectivity index (χ3n) is 6.79. The van der Waals surface area contributed by atoms with Crippen LogP contribution in [0.2, 0.25) is 0 Å². The fourth-order valence-corrected chi connectivity index (χ4v) is 4.91. The lowest BCUT2D eigenvalue weighted by atomic mass is 10.0. The van der Waals surface area contributed by atoms with Crippen LogP contribution in [0.15, 0.2) is 36.7 Å². The Morgan fingerprint density at radius 1 is 1.05 bits per heavy atom. The van der Waals surface area contributed by atoms with E-state index in [1.54, 1.807) is 30.9 Å². The molecule has 1 aliphatic heterocycles. The Hall–Kier alpha value is -3.99. The first-order valence-electron chi connectivity index (χ1n) is 12.6. The quantitative estimate of drug-likeness (QED) is 0.407. The second kappa shape index (κ2) is 10.4. The highest BCUT2D eigenvalue weighted by atomic mass is 19.1. The van der Waals surface area contributed by atoms with Crippen LogP contribution < -0.4 is 5.32 Å². The molecule has 0 unspecified atom stereocenters. The molecule has 0 radical (unpaired) electrons. The smallest absolute Gasteiger partial charge is 0.229 e. The number of anilines is 2. The first-order chi connectivity index (χ1) is 18.2. The summed E-state index contributed by atoms with van der Waals surface area (Å²) < 4.78 is 31.4. The van der Waals surface area contributed by atoms with Gasteiger partial charge >= 0.3 is 0 Å². The minimum atomic E-state index is -0.655. The number of carbonyl (C=O) groups excluding carboxylic acids is 1. The summed E-state index contributed by atoms with van der Waals surface area (Å²) in [5, 5.41) is 7.93. The second-order valence-corrected chi connectivity index (χ2v) is 9.87. The Kier molecular flexibility index (Phi) is 7.02. The van der Waals surface area contributed by atoms with Gasteiger partial charge in [-0.05, 0) is 29.7 Å². The predicted octanol–water partition coefficient (Wildman–Crippen LogP) is 4.23. The van der Waals surface area contributed by atoms with Crippen molar-refractivity contribution in [2.45, 2.75) is 33.2 Å². The average molecular weight is 521 g/mol. The molecule has 38 heavy (non-hydrogen) atoms. The third-order valence-corrected chi connectivity index (χ3v) is 6.79. The molecule has 5 rings (SSSR count). The lowest BCUT2D eigenvalue weighted by molar-refractivity contribution is -0.130. The van der Waals surface area contributed by atoms with Crippen molar-refractivity contribution >= 4 is 28.6 Å². The van der Waals surface area contributed by atoms with Gasteiger partial charge in [-0.15, -0.1) is 0 Å². The van der Waals surface area contributed by atoms with Gasteiger partial charge in [-0.25, -0.2) is 23.7 Å². The second-order valence-electron chi connectivity index (χ2n) is 9.87. The molecular formula is C27H30F2N8O. The molecule has 4 heterocycles. The van der Waals surface area contributed by atoms with E-state index in [0.29, 0.717) is 16.8 Å². The molecule has 3 aromatic heterocycles. The summed E-state index contributed by atoms with van der Waals surface area (Å²) in [6, 6.07) is 6.73. The Bertz CT molecular complexity index is 1480. The fourth-order valence-electron chi connectivity index (χ4n) is 4.91. The van der Waals surface area contributed by atoms with Gasteiger partial charge in [-0.2, -0.15) is 5.10 Å². The van der Waals surface area contributed by atoms with E-state index in [2.05, 4.69) is 30.3 Å². The molecule has 0 aliphatic carbocycles. The molecule has 9 nitrogen and oxygen atoms in total. The van der Waals surface area contributed by atoms with Crippen LogP contribution in [-0.4, -0.2) is 66.6 Å². The van der Waals surface area contributed by atoms with Crippen molar-refractivity contribution in [2.75, 3.05) is 31.5 Å². The Labute approximate surface area is 219 Å². The number of hydrogen-bond acceptors (Lipinski definition) is 7. The van der Waals surface area contributed by atoms with Gasteiger partial charge in [0.15, 0.2) is 11.6 Å². The molecule has 1 amide bonds. The largest absolute Gasteiger partial charge is 0.340 e. The Morgan fingerprint density at radius 3 is 2.47 bits per heavy atom. The lowest BCUT2D eigenvalue weighted by Gasteiger charge is -2.34. The van der Waals surface area contributed by atoms with Crippen molar-refractivity contribution in [1.82, 2.24) is 34.5 Å². The van der Waals surface area contributed by atoms with Gasteiger partial charge in [0.1, 0.15) is 17.0 Å². The molecule has 1 aromatic carbocycles. The minimum absolute atomic E-state index is 0.0109. The number of nitrogens with zero attached hydrogens (tertiary/aromatic N) is 7. The molecule has 11 heteroatoms. The van der Waals surface area contributed by atoms with Crippen molar-refractivity contribution in [3.8, 4) is 11.3 Å². The van der Waals surface area contributed by atoms with E-state index >= 15 is 0 Å². The van der Waals surface area contributed by atoms with E-state index in [1.807, 2.05) is 30.9 Å². The molecule has 198 valence electrons. The number of fused-ring (bicyclic) bond motifs is 1. The van der Waals surface area contributed by atoms with Gasteiger partial charge in [0.25, 0.3) is 0 Å². The maximum absolute atomic E-state index is 14.9. The monoisotopic (exact) mass is 520 g/mol. The predicted molar refractivity (Wildman–Crippen MR) is 141 cm³/mol. The Balaban J connectivity index is 1.33. The SMILES string of the molecule is CC(=O)N1CCN(Cc2ccc(Nc3ncc(F)c(-c4cc(F)c5nn(C)c(C(C)C)c5c4)n3)nc2)CC1. The lowest BCUT2D eigenvalue weighted by Crippen LogP contribution is -2.47. The summed E-state index contributed by atoms with van der Waals surface area (Å²) in [5.74, 6) is -0.325. The molecule has 1 fully saturated rings. The summed E-state index contributed by atoms with van der Waals surface area (Å²) in [7, 11) is 1.77. The number of amides is 1. The number of pyridine rings is 1. The van der Waals surface area contributed by atoms with Crippen LogP contribution in [-0.2, 0) is 18.4 Å². The number of nitrogens with one attached hydrogen (secondary N) is 1. The summed E-state index contributed by atoms with van der Waals surface area (Å²) in [4.78, 5) is 28.5. The molecule has 0 bridgehead atoms. The maximum Gasteiger partial charge on any atom is 0.229 e. The average Bonchev–Trinajstić information content (AvgIpc) is 3.23. The molecule has 1 saturated heterocycles. The molecule has 0 spiro atoms. The number of aromatic nitrogens is 5. The van der Waals surface area contributed by atoms with E-state index in [4.69, 9.17) is 0 Å². The van der Waals surface area contributed by atoms with Crippen LogP contribution in [0.1, 0.15) is 37.9 Å². The molecule has 1 aliphatic rings. The van der Waals surface area contributed by atoms with E-state index in [-0.39, 0.29) is 29.0 Å². The van der Waals surface area contributed by atoms with Crippen LogP contribution in [0.25, 0.3) is 22.2 Å². The zero-order chi connectivity index (χ0) is 27.0. The van der Waals surface area contributed by atoms with Crippen LogP contribution in [0.3, 0.4) is 0 Å².